The van der Waals surface area contributed by atoms with Crippen LogP contribution in [0, 0.1) is 20.8 Å². The van der Waals surface area contributed by atoms with Crippen molar-refractivity contribution < 1.29 is 46.7 Å². The third-order valence-electron chi connectivity index (χ3n) is 4.85. The molecule has 1 nitrogen and oxygen atoms in total. The summed E-state index contributed by atoms with van der Waals surface area (Å²) in [6, 6.07) is 0.769. The summed E-state index contributed by atoms with van der Waals surface area (Å²) in [5.41, 5.74) is 0. The van der Waals surface area contributed by atoms with Crippen molar-refractivity contribution in [3.05, 3.63) is 14.9 Å². The number of rotatable bonds is 3. The van der Waals surface area contributed by atoms with Gasteiger partial charge in [-0.15, -0.1) is 0 Å². The predicted molar refractivity (Wildman–Crippen MR) is 104 cm³/mol. The average Bonchev–Trinajstić information content (AvgIpc) is 2.98. The summed E-state index contributed by atoms with van der Waals surface area (Å²) in [6.07, 6.45) is 13.4. The fourth-order valence-corrected chi connectivity index (χ4v) is 2.95. The Morgan fingerprint density at radius 1 is 0.741 bits per heavy atom. The van der Waals surface area contributed by atoms with Crippen molar-refractivity contribution in [1.82, 2.24) is 0 Å². The van der Waals surface area contributed by atoms with Gasteiger partial charge in [-0.25, -0.2) is 0 Å². The van der Waals surface area contributed by atoms with E-state index >= 15 is 0 Å². The fourth-order valence-electron chi connectivity index (χ4n) is 2.95. The molecule has 0 atom stereocenters. The van der Waals surface area contributed by atoms with Crippen LogP contribution in [0.15, 0.2) is 0 Å². The minimum atomic E-state index is -10.7. The van der Waals surface area contributed by atoms with Crippen LogP contribution in [0.4, 0.5) is 25.2 Å². The Bertz CT molecular complexity index is 341. The van der Waals surface area contributed by atoms with Gasteiger partial charge in [-0.2, -0.15) is 0 Å². The fraction of sp³-hybridized carbons (Fsp3) is 0.889. The first-order valence-corrected chi connectivity index (χ1v) is 10.9. The van der Waals surface area contributed by atoms with Crippen LogP contribution >= 0.6 is 7.81 Å². The Morgan fingerprint density at radius 2 is 1.00 bits per heavy atom. The second-order valence-corrected chi connectivity index (χ2v) is 9.85. The molecule has 0 aromatic carbocycles. The van der Waals surface area contributed by atoms with Gasteiger partial charge < -0.3 is 19.3 Å². The first kappa shape index (κ1) is 35.0. The van der Waals surface area contributed by atoms with Gasteiger partial charge in [0.15, 0.2) is 0 Å². The molecular weight excluding hydrogens is 431 g/mol. The molecule has 0 bridgehead atoms. The quantitative estimate of drug-likeness (QED) is 0.127. The zero-order chi connectivity index (χ0) is 19.1. The smallest absolute Gasteiger partial charge is 0.358 e. The van der Waals surface area contributed by atoms with E-state index < -0.39 is 7.81 Å². The molecule has 2 aliphatic carbocycles. The summed E-state index contributed by atoms with van der Waals surface area (Å²) in [7, 11) is -5.93. The van der Waals surface area contributed by atoms with Crippen molar-refractivity contribution in [2.75, 3.05) is 20.6 Å². The molecule has 0 aromatic rings. The summed E-state index contributed by atoms with van der Waals surface area (Å²) < 4.78 is 60.4. The van der Waals surface area contributed by atoms with E-state index in [9.17, 15) is 25.2 Å². The van der Waals surface area contributed by atoms with Gasteiger partial charge >= 0.3 is 50.1 Å². The van der Waals surface area contributed by atoms with E-state index in [1.165, 1.54) is 68.8 Å². The van der Waals surface area contributed by atoms with Gasteiger partial charge in [-0.1, -0.05) is 44.9 Å². The zero-order valence-corrected chi connectivity index (χ0v) is 19.7. The van der Waals surface area contributed by atoms with Gasteiger partial charge in [-0.3, -0.25) is 0 Å². The van der Waals surface area contributed by atoms with Gasteiger partial charge in [0.25, 0.3) is 0 Å². The largest absolute Gasteiger partial charge is 2.00 e. The van der Waals surface area contributed by atoms with Crippen LogP contribution in [0.5, 0.6) is 0 Å². The molecule has 0 amide bonds. The summed E-state index contributed by atoms with van der Waals surface area (Å²) in [5.74, 6) is 1.02. The van der Waals surface area contributed by atoms with Crippen molar-refractivity contribution in [2.24, 2.45) is 5.92 Å². The van der Waals surface area contributed by atoms with Crippen LogP contribution in [-0.2, 0) is 17.1 Å². The first-order chi connectivity index (χ1) is 10.5. The normalized spacial score (nSPS) is 19.7. The molecule has 9 heteroatoms. The maximum absolute atomic E-state index is 10.7. The van der Waals surface area contributed by atoms with Crippen LogP contribution in [0.25, 0.3) is 0 Å². The van der Waals surface area contributed by atoms with Crippen LogP contribution < -0.4 is 0 Å². The standard InChI is InChI=1S/C11H24N.C5H10.2CH3.F6P.Fe/c1-10(2)12(3,4)9-11-7-5-6-8-11;1-2-4-5-3-1;;;1-7(2,3,4,5)6;/h10-11H,5-9H2,1-4H3;1-5H2;2*1H3;;/q+1;;3*-1;+2. The Labute approximate surface area is 174 Å². The van der Waals surface area contributed by atoms with Crippen molar-refractivity contribution in [2.45, 2.75) is 77.7 Å². The van der Waals surface area contributed by atoms with E-state index in [4.69, 9.17) is 0 Å². The SMILES string of the molecule is C1CCCC1.CC(C)[N+](C)(C)CC1CCCC1.F[P-](F)(F)(F)(F)F.[CH3-].[CH3-].[Fe+2]. The molecule has 2 aliphatic rings. The van der Waals surface area contributed by atoms with Crippen molar-refractivity contribution in [1.29, 1.82) is 0 Å². The van der Waals surface area contributed by atoms with Crippen molar-refractivity contribution >= 4 is 7.81 Å². The van der Waals surface area contributed by atoms with Crippen LogP contribution in [-0.4, -0.2) is 31.2 Å². The van der Waals surface area contributed by atoms with Crippen LogP contribution in [0.3, 0.4) is 0 Å². The molecule has 0 aromatic heterocycles. The molecule has 0 N–H and O–H groups in total. The summed E-state index contributed by atoms with van der Waals surface area (Å²) >= 11 is 0. The monoisotopic (exact) mass is 471 g/mol. The zero-order valence-electron chi connectivity index (χ0n) is 17.7. The molecule has 0 spiro atoms. The van der Waals surface area contributed by atoms with E-state index in [0.717, 1.165) is 12.0 Å². The minimum absolute atomic E-state index is 0. The Hall–Kier alpha value is 0.489. The first-order valence-electron chi connectivity index (χ1n) is 8.86. The third-order valence-corrected chi connectivity index (χ3v) is 4.85. The third kappa shape index (κ3) is 28.8. The van der Waals surface area contributed by atoms with E-state index in [0.29, 0.717) is 0 Å². The number of nitrogens with zero attached hydrogens (tertiary/aromatic N) is 1. The topological polar surface area (TPSA) is 0 Å². The number of quaternary nitrogens is 1. The summed E-state index contributed by atoms with van der Waals surface area (Å²) in [6.45, 7) is 6.04. The summed E-state index contributed by atoms with van der Waals surface area (Å²) in [5, 5.41) is 0. The molecule has 0 heterocycles. The molecule has 2 rings (SSSR count). The molecule has 2 saturated carbocycles. The van der Waals surface area contributed by atoms with E-state index in [1.807, 2.05) is 0 Å². The van der Waals surface area contributed by atoms with E-state index in [1.54, 1.807) is 0 Å². The molecule has 0 radical (unpaired) electrons. The van der Waals surface area contributed by atoms with Crippen LogP contribution in [0.1, 0.15) is 71.6 Å². The van der Waals surface area contributed by atoms with E-state index in [2.05, 4.69) is 27.9 Å². The van der Waals surface area contributed by atoms with Crippen molar-refractivity contribution in [3.8, 4) is 0 Å². The van der Waals surface area contributed by atoms with Crippen LogP contribution in [0.2, 0.25) is 0 Å². The van der Waals surface area contributed by atoms with Gasteiger partial charge in [0, 0.05) is 5.92 Å². The predicted octanol–water partition coefficient (Wildman–Crippen LogP) is 8.89. The molecule has 0 saturated heterocycles. The molecular formula is C18H40F6FeNP. The average molecular weight is 471 g/mol. The Balaban J connectivity index is -0.000000153. The minimum Gasteiger partial charge on any atom is -0.358 e. The molecule has 172 valence electrons. The van der Waals surface area contributed by atoms with Crippen molar-refractivity contribution in [3.63, 3.8) is 0 Å². The van der Waals surface area contributed by atoms with Gasteiger partial charge in [0.05, 0.1) is 26.7 Å². The molecule has 2 fully saturated rings. The number of hydrogen-bond acceptors (Lipinski definition) is 0. The maximum atomic E-state index is 9.87. The number of hydrogen-bond donors (Lipinski definition) is 0. The van der Waals surface area contributed by atoms with Gasteiger partial charge in [-0.05, 0) is 26.7 Å². The molecule has 27 heavy (non-hydrogen) atoms. The summed E-state index contributed by atoms with van der Waals surface area (Å²) in [4.78, 5) is 0. The molecule has 0 aliphatic heterocycles. The second-order valence-electron chi connectivity index (χ2n) is 7.93. The van der Waals surface area contributed by atoms with E-state index in [-0.39, 0.29) is 31.9 Å². The maximum Gasteiger partial charge on any atom is 2.00 e. The molecule has 0 unspecified atom stereocenters. The number of halogens is 6. The Kier molecular flexibility index (Phi) is 15.9. The Morgan fingerprint density at radius 3 is 1.22 bits per heavy atom. The second kappa shape index (κ2) is 12.2. The van der Waals surface area contributed by atoms with Gasteiger partial charge in [0.1, 0.15) is 0 Å². The van der Waals surface area contributed by atoms with Gasteiger partial charge in [0.2, 0.25) is 0 Å².